The lowest BCUT2D eigenvalue weighted by molar-refractivity contribution is 0.148. The number of rotatable bonds is 5. The van der Waals surface area contributed by atoms with Gasteiger partial charge in [-0.05, 0) is 36.5 Å². The summed E-state index contributed by atoms with van der Waals surface area (Å²) in [6.07, 6.45) is 3.96. The largest absolute Gasteiger partial charge is 0.392 e. The molecule has 1 aliphatic carbocycles. The molecule has 4 heteroatoms. The lowest BCUT2D eigenvalue weighted by Gasteiger charge is -2.12. The maximum atomic E-state index is 9.84. The van der Waals surface area contributed by atoms with E-state index >= 15 is 0 Å². The molecule has 2 N–H and O–H groups in total. The average Bonchev–Trinajstić information content (AvgIpc) is 3.26. The number of nitrogens with one attached hydrogen (secondary N) is 1. The second-order valence-electron chi connectivity index (χ2n) is 5.14. The van der Waals surface area contributed by atoms with Crippen molar-refractivity contribution < 1.29 is 5.11 Å². The predicted molar refractivity (Wildman–Crippen MR) is 79.9 cm³/mol. The summed E-state index contributed by atoms with van der Waals surface area (Å²) in [5.74, 6) is 0.521. The third-order valence-corrected chi connectivity index (χ3v) is 4.33. The summed E-state index contributed by atoms with van der Waals surface area (Å²) in [4.78, 5) is 4.45. The van der Waals surface area contributed by atoms with E-state index in [1.165, 1.54) is 18.4 Å². The molecule has 1 fully saturated rings. The first kappa shape index (κ1) is 13.0. The highest BCUT2D eigenvalue weighted by Crippen LogP contribution is 2.32. The van der Waals surface area contributed by atoms with Gasteiger partial charge in [0.2, 0.25) is 0 Å². The van der Waals surface area contributed by atoms with E-state index in [-0.39, 0.29) is 6.10 Å². The van der Waals surface area contributed by atoms with E-state index in [9.17, 15) is 5.11 Å². The monoisotopic (exact) mass is 320 g/mol. The third-order valence-electron chi connectivity index (χ3n) is 3.64. The van der Waals surface area contributed by atoms with Crippen LogP contribution in [0.15, 0.2) is 34.9 Å². The zero-order chi connectivity index (χ0) is 13.2. The fourth-order valence-corrected chi connectivity index (χ4v) is 2.79. The number of aliphatic hydroxyl groups excluding tert-OH is 1. The van der Waals surface area contributed by atoms with Crippen LogP contribution in [-0.2, 0) is 6.54 Å². The van der Waals surface area contributed by atoms with Crippen LogP contribution >= 0.6 is 15.9 Å². The van der Waals surface area contributed by atoms with E-state index in [1.54, 1.807) is 0 Å². The third kappa shape index (κ3) is 2.96. The molecule has 0 bridgehead atoms. The first-order valence-corrected chi connectivity index (χ1v) is 7.46. The fraction of sp³-hybridized carbons (Fsp3) is 0.400. The summed E-state index contributed by atoms with van der Waals surface area (Å²) in [5, 5.41) is 14.3. The van der Waals surface area contributed by atoms with Crippen molar-refractivity contribution in [1.82, 2.24) is 10.3 Å². The van der Waals surface area contributed by atoms with E-state index in [1.807, 2.05) is 12.3 Å². The lowest BCUT2D eigenvalue weighted by Crippen LogP contribution is -2.27. The molecular formula is C15H17BrN2O. The van der Waals surface area contributed by atoms with Gasteiger partial charge in [0.05, 0.1) is 11.6 Å². The number of halogens is 1. The van der Waals surface area contributed by atoms with Crippen LogP contribution in [0.4, 0.5) is 0 Å². The van der Waals surface area contributed by atoms with Gasteiger partial charge in [0, 0.05) is 29.1 Å². The van der Waals surface area contributed by atoms with Gasteiger partial charge in [-0.2, -0.15) is 0 Å². The molecule has 100 valence electrons. The number of nitrogens with zero attached hydrogens (tertiary/aromatic N) is 1. The van der Waals surface area contributed by atoms with Crippen LogP contribution < -0.4 is 5.32 Å². The molecule has 1 aromatic carbocycles. The minimum absolute atomic E-state index is 0.199. The first-order valence-electron chi connectivity index (χ1n) is 6.66. The van der Waals surface area contributed by atoms with Gasteiger partial charge < -0.3 is 10.4 Å². The molecule has 0 spiro atoms. The Morgan fingerprint density at radius 3 is 3.00 bits per heavy atom. The summed E-state index contributed by atoms with van der Waals surface area (Å²) in [5.41, 5.74) is 2.19. The molecular weight excluding hydrogens is 304 g/mol. The van der Waals surface area contributed by atoms with Gasteiger partial charge in [0.1, 0.15) is 0 Å². The van der Waals surface area contributed by atoms with Crippen molar-refractivity contribution in [2.45, 2.75) is 25.5 Å². The van der Waals surface area contributed by atoms with Gasteiger partial charge in [-0.1, -0.05) is 28.1 Å². The summed E-state index contributed by atoms with van der Waals surface area (Å²) < 4.78 is 1.07. The molecule has 0 radical (unpaired) electrons. The summed E-state index contributed by atoms with van der Waals surface area (Å²) in [6.45, 7) is 1.40. The molecule has 0 aliphatic heterocycles. The maximum absolute atomic E-state index is 9.84. The van der Waals surface area contributed by atoms with Crippen molar-refractivity contribution in [3.05, 3.63) is 40.5 Å². The number of aromatic nitrogens is 1. The molecule has 0 saturated heterocycles. The Morgan fingerprint density at radius 1 is 1.37 bits per heavy atom. The highest BCUT2D eigenvalue weighted by atomic mass is 79.9. The van der Waals surface area contributed by atoms with Crippen LogP contribution in [0, 0.1) is 5.92 Å². The number of benzene rings is 1. The lowest BCUT2D eigenvalue weighted by atomic mass is 10.1. The highest BCUT2D eigenvalue weighted by Gasteiger charge is 2.29. The molecule has 1 aromatic heterocycles. The summed E-state index contributed by atoms with van der Waals surface area (Å²) in [7, 11) is 0. The number of hydrogen-bond acceptors (Lipinski definition) is 3. The maximum Gasteiger partial charge on any atom is 0.0758 e. The standard InChI is InChI=1S/C15H17BrN2O/c16-13-6-5-11(15-12(13)2-1-7-18-15)8-17-9-14(19)10-3-4-10/h1-2,5-7,10,14,17,19H,3-4,8-9H2. The van der Waals surface area contributed by atoms with E-state index in [2.05, 4.69) is 44.4 Å². The normalized spacial score (nSPS) is 16.7. The second-order valence-corrected chi connectivity index (χ2v) is 6.00. The quantitative estimate of drug-likeness (QED) is 0.890. The predicted octanol–water partition coefficient (Wildman–Crippen LogP) is 2.86. The molecule has 1 saturated carbocycles. The van der Waals surface area contributed by atoms with Crippen molar-refractivity contribution in [1.29, 1.82) is 0 Å². The molecule has 19 heavy (non-hydrogen) atoms. The van der Waals surface area contributed by atoms with Gasteiger partial charge in [0.25, 0.3) is 0 Å². The van der Waals surface area contributed by atoms with E-state index < -0.39 is 0 Å². The number of hydrogen-bond donors (Lipinski definition) is 2. The Balaban J connectivity index is 1.72. The Morgan fingerprint density at radius 2 is 2.21 bits per heavy atom. The zero-order valence-electron chi connectivity index (χ0n) is 10.6. The van der Waals surface area contributed by atoms with Gasteiger partial charge in [-0.25, -0.2) is 0 Å². The average molecular weight is 321 g/mol. The first-order chi connectivity index (χ1) is 9.25. The van der Waals surface area contributed by atoms with Crippen molar-refractivity contribution in [3.8, 4) is 0 Å². The smallest absolute Gasteiger partial charge is 0.0758 e. The summed E-state index contributed by atoms with van der Waals surface area (Å²) >= 11 is 3.55. The Bertz CT molecular complexity index is 583. The van der Waals surface area contributed by atoms with Crippen LogP contribution in [0.5, 0.6) is 0 Å². The summed E-state index contributed by atoms with van der Waals surface area (Å²) in [6, 6.07) is 8.14. The van der Waals surface area contributed by atoms with E-state index in [4.69, 9.17) is 0 Å². The topological polar surface area (TPSA) is 45.1 Å². The molecule has 0 amide bonds. The fourth-order valence-electron chi connectivity index (χ4n) is 2.34. The number of aliphatic hydroxyl groups is 1. The molecule has 1 atom stereocenters. The minimum atomic E-state index is -0.199. The van der Waals surface area contributed by atoms with Gasteiger partial charge in [-0.3, -0.25) is 4.98 Å². The van der Waals surface area contributed by atoms with Gasteiger partial charge >= 0.3 is 0 Å². The van der Waals surface area contributed by atoms with Crippen LogP contribution in [-0.4, -0.2) is 22.7 Å². The molecule has 3 nitrogen and oxygen atoms in total. The van der Waals surface area contributed by atoms with Crippen LogP contribution in [0.2, 0.25) is 0 Å². The minimum Gasteiger partial charge on any atom is -0.392 e. The molecule has 1 heterocycles. The number of pyridine rings is 1. The second kappa shape index (κ2) is 5.57. The SMILES string of the molecule is OC(CNCc1ccc(Br)c2cccnc12)C1CC1. The van der Waals surface area contributed by atoms with Crippen LogP contribution in [0.25, 0.3) is 10.9 Å². The molecule has 3 rings (SSSR count). The van der Waals surface area contributed by atoms with Crippen molar-refractivity contribution in [3.63, 3.8) is 0 Å². The van der Waals surface area contributed by atoms with Crippen LogP contribution in [0.3, 0.4) is 0 Å². The molecule has 1 aliphatic rings. The van der Waals surface area contributed by atoms with Gasteiger partial charge in [0.15, 0.2) is 0 Å². The highest BCUT2D eigenvalue weighted by molar-refractivity contribution is 9.10. The Hall–Kier alpha value is -0.970. The molecule has 1 unspecified atom stereocenters. The van der Waals surface area contributed by atoms with E-state index in [0.29, 0.717) is 12.5 Å². The Labute approximate surface area is 121 Å². The van der Waals surface area contributed by atoms with Crippen molar-refractivity contribution >= 4 is 26.8 Å². The van der Waals surface area contributed by atoms with Crippen LogP contribution in [0.1, 0.15) is 18.4 Å². The van der Waals surface area contributed by atoms with E-state index in [0.717, 1.165) is 21.9 Å². The van der Waals surface area contributed by atoms with Gasteiger partial charge in [-0.15, -0.1) is 0 Å². The Kier molecular flexibility index (Phi) is 3.82. The number of fused-ring (bicyclic) bond motifs is 1. The van der Waals surface area contributed by atoms with Crippen molar-refractivity contribution in [2.24, 2.45) is 5.92 Å². The molecule has 2 aromatic rings. The van der Waals surface area contributed by atoms with Crippen molar-refractivity contribution in [2.75, 3.05) is 6.54 Å². The zero-order valence-corrected chi connectivity index (χ0v) is 12.2.